The van der Waals surface area contributed by atoms with Gasteiger partial charge in [-0.3, -0.25) is 10.8 Å². The van der Waals surface area contributed by atoms with Crippen LogP contribution < -0.4 is 11.0 Å². The number of pyridine rings is 2. The predicted octanol–water partition coefficient (Wildman–Crippen LogP) is 4.98. The van der Waals surface area contributed by atoms with Gasteiger partial charge < -0.3 is 19.9 Å². The van der Waals surface area contributed by atoms with Crippen molar-refractivity contribution in [2.45, 2.75) is 0 Å². The van der Waals surface area contributed by atoms with E-state index in [2.05, 4.69) is 0 Å². The molecule has 0 saturated carbocycles. The van der Waals surface area contributed by atoms with Crippen LogP contribution in [0.3, 0.4) is 0 Å². The number of nitrogens with zero attached hydrogens (tertiary/aromatic N) is 4. The molecule has 0 aliphatic heterocycles. The Bertz CT molecular complexity index is 1420. The molecule has 8 nitrogen and oxygen atoms in total. The Morgan fingerprint density at radius 2 is 1.06 bits per heavy atom. The summed E-state index contributed by atoms with van der Waals surface area (Å²) in [5.74, 6) is 0. The van der Waals surface area contributed by atoms with Gasteiger partial charge in [0.1, 0.15) is 23.1 Å². The van der Waals surface area contributed by atoms with E-state index < -0.39 is 18.9 Å². The minimum absolute atomic E-state index is 0.0415. The number of fused-ring (bicyclic) bond motifs is 2. The normalized spacial score (nSPS) is 9.52. The number of benzene rings is 2. The zero-order valence-corrected chi connectivity index (χ0v) is 22.1. The van der Waals surface area contributed by atoms with Crippen molar-refractivity contribution in [3.05, 3.63) is 91.1 Å². The Hall–Kier alpha value is -2.60. The molecule has 0 bridgehead atoms. The van der Waals surface area contributed by atoms with Gasteiger partial charge in [-0.2, -0.15) is 10.5 Å². The summed E-state index contributed by atoms with van der Waals surface area (Å²) in [7, 11) is 9.87. The average Bonchev–Trinajstić information content (AvgIpc) is 2.79. The van der Waals surface area contributed by atoms with E-state index in [0.29, 0.717) is 41.3 Å². The first kappa shape index (κ1) is 26.6. The molecule has 33 heavy (non-hydrogen) atoms. The summed E-state index contributed by atoms with van der Waals surface area (Å²) in [5, 5.41) is 57.5. The zero-order chi connectivity index (χ0) is 24.7. The van der Waals surface area contributed by atoms with Crippen LogP contribution in [-0.4, -0.2) is 28.3 Å². The number of halogens is 4. The van der Waals surface area contributed by atoms with Crippen molar-refractivity contribution < 1.29 is 0 Å². The molecule has 164 valence electrons. The summed E-state index contributed by atoms with van der Waals surface area (Å²) >= 11 is 10.7. The van der Waals surface area contributed by atoms with Gasteiger partial charge in [0.15, 0.2) is 0 Å². The van der Waals surface area contributed by atoms with E-state index in [1.165, 1.54) is 24.3 Å². The molecule has 0 fully saturated rings. The van der Waals surface area contributed by atoms with Gasteiger partial charge >= 0.3 is 36.7 Å². The fourth-order valence-electron chi connectivity index (χ4n) is 2.73. The maximum absolute atomic E-state index is 11.6. The molecule has 0 radical (unpaired) electrons. The van der Waals surface area contributed by atoms with Crippen LogP contribution >= 0.6 is 41.0 Å². The van der Waals surface area contributed by atoms with E-state index >= 15 is 0 Å². The van der Waals surface area contributed by atoms with Gasteiger partial charge in [0.2, 0.25) is 0 Å². The van der Waals surface area contributed by atoms with E-state index in [0.717, 1.165) is 0 Å². The summed E-state index contributed by atoms with van der Waals surface area (Å²) in [6, 6.07) is 15.9. The number of nitriles is 2. The molecule has 2 aromatic heterocycles. The summed E-state index contributed by atoms with van der Waals surface area (Å²) in [5.41, 5.74) is 0.0750. The SMILES string of the molecule is N#Cc1cc2cc(Cl)ccc2n([O-])c1=N.N#Cc1cc2cc(Cl)ccc2n([O-])c1=N.[Cl][Sn+2][Cl]. The molecule has 0 aliphatic rings. The van der Waals surface area contributed by atoms with Gasteiger partial charge in [0.25, 0.3) is 0 Å². The molecular weight excluding hydrogens is 617 g/mol. The number of hydrogen-bond acceptors (Lipinski definition) is 6. The monoisotopic (exact) mass is 626 g/mol. The summed E-state index contributed by atoms with van der Waals surface area (Å²) < 4.78 is 0.842. The van der Waals surface area contributed by atoms with Crippen molar-refractivity contribution in [3.63, 3.8) is 0 Å². The molecule has 2 heterocycles. The van der Waals surface area contributed by atoms with Crippen LogP contribution in [0.1, 0.15) is 11.1 Å². The molecule has 0 amide bonds. The van der Waals surface area contributed by atoms with Crippen LogP contribution in [0.5, 0.6) is 0 Å². The van der Waals surface area contributed by atoms with E-state index in [-0.39, 0.29) is 22.1 Å². The quantitative estimate of drug-likeness (QED) is 0.265. The van der Waals surface area contributed by atoms with Crippen molar-refractivity contribution in [3.8, 4) is 12.1 Å². The molecule has 0 atom stereocenters. The van der Waals surface area contributed by atoms with Crippen LogP contribution in [-0.2, 0) is 0 Å². The van der Waals surface area contributed by atoms with Crippen LogP contribution in [0.15, 0.2) is 48.5 Å². The average molecular weight is 627 g/mol. The molecule has 2 N–H and O–H groups in total. The molecule has 13 heteroatoms. The van der Waals surface area contributed by atoms with Gasteiger partial charge in [-0.1, -0.05) is 23.2 Å². The first-order valence-electron chi connectivity index (χ1n) is 8.59. The molecule has 0 aliphatic carbocycles. The Morgan fingerprint density at radius 3 is 1.36 bits per heavy atom. The fourth-order valence-corrected chi connectivity index (χ4v) is 3.09. The predicted molar refractivity (Wildman–Crippen MR) is 130 cm³/mol. The van der Waals surface area contributed by atoms with Crippen molar-refractivity contribution >= 4 is 81.7 Å². The first-order valence-corrected chi connectivity index (χ1v) is 16.6. The number of nitrogens with one attached hydrogen (secondary N) is 2. The zero-order valence-electron chi connectivity index (χ0n) is 16.2. The van der Waals surface area contributed by atoms with Crippen molar-refractivity contribution in [2.75, 3.05) is 0 Å². The van der Waals surface area contributed by atoms with Crippen LogP contribution in [0, 0.1) is 43.9 Å². The van der Waals surface area contributed by atoms with Crippen molar-refractivity contribution in [2.24, 2.45) is 0 Å². The Morgan fingerprint density at radius 1 is 0.727 bits per heavy atom. The van der Waals surface area contributed by atoms with E-state index in [4.69, 9.17) is 62.4 Å². The molecule has 0 unspecified atom stereocenters. The number of hydrogen-bond donors (Lipinski definition) is 2. The van der Waals surface area contributed by atoms with Crippen LogP contribution in [0.4, 0.5) is 0 Å². The topological polar surface area (TPSA) is 151 Å². The van der Waals surface area contributed by atoms with Gasteiger partial charge in [-0.15, -0.1) is 0 Å². The molecule has 2 aromatic carbocycles. The number of aromatic nitrogens is 2. The molecule has 4 rings (SSSR count). The molecule has 0 spiro atoms. The second kappa shape index (κ2) is 12.0. The van der Waals surface area contributed by atoms with Crippen LogP contribution in [0.25, 0.3) is 21.8 Å². The number of rotatable bonds is 0. The van der Waals surface area contributed by atoms with Gasteiger partial charge in [-0.25, -0.2) is 0 Å². The summed E-state index contributed by atoms with van der Waals surface area (Å²) in [6.07, 6.45) is 0. The Kier molecular flexibility index (Phi) is 9.71. The fraction of sp³-hybridized carbons (Fsp3) is 0. The molecular formula is C20H10Cl4N6O2Sn. The van der Waals surface area contributed by atoms with Crippen molar-refractivity contribution in [1.82, 2.24) is 9.46 Å². The second-order valence-corrected chi connectivity index (χ2v) is 11.2. The molecule has 4 aromatic rings. The van der Waals surface area contributed by atoms with E-state index in [1.54, 1.807) is 36.4 Å². The third kappa shape index (κ3) is 6.26. The first-order chi connectivity index (χ1) is 15.7. The third-order valence-corrected chi connectivity index (χ3v) is 4.64. The van der Waals surface area contributed by atoms with Crippen LogP contribution in [0.2, 0.25) is 10.0 Å². The maximum atomic E-state index is 11.6. The van der Waals surface area contributed by atoms with E-state index in [9.17, 15) is 10.4 Å². The van der Waals surface area contributed by atoms with Gasteiger partial charge in [0.05, 0.1) is 11.1 Å². The summed E-state index contributed by atoms with van der Waals surface area (Å²) in [6.45, 7) is 0. The summed E-state index contributed by atoms with van der Waals surface area (Å²) in [4.78, 5) is 0. The van der Waals surface area contributed by atoms with Gasteiger partial charge in [-0.05, 0) is 48.5 Å². The standard InChI is InChI=1S/2C10H5ClN3O.2ClH.Sn/c2*11-8-1-2-9-6(4-8)3-7(5-12)10(13)14(9)15;;;/h2*1-4,13H;2*1H;/q2*-1;;;+4/p-2. The third-order valence-electron chi connectivity index (χ3n) is 4.17. The van der Waals surface area contributed by atoms with Crippen molar-refractivity contribution in [1.29, 1.82) is 21.3 Å². The second-order valence-electron chi connectivity index (χ2n) is 6.10. The Labute approximate surface area is 214 Å². The minimum atomic E-state index is -0.826. The van der Waals surface area contributed by atoms with E-state index in [1.807, 2.05) is 0 Å². The molecule has 0 saturated heterocycles. The van der Waals surface area contributed by atoms with Gasteiger partial charge in [0, 0.05) is 31.9 Å². The Balaban J connectivity index is 0.000000209.